The van der Waals surface area contributed by atoms with Gasteiger partial charge in [-0.1, -0.05) is 11.8 Å². The molecule has 2 aliphatic rings. The number of hydrogen-bond acceptors (Lipinski definition) is 13. The number of carbonyl (C=O) groups is 5. The monoisotopic (exact) mass is 577 g/mol. The summed E-state index contributed by atoms with van der Waals surface area (Å²) >= 11 is 6.94. The van der Waals surface area contributed by atoms with Crippen molar-refractivity contribution in [1.29, 1.82) is 0 Å². The average Bonchev–Trinajstić information content (AvgIpc) is 3.22. The van der Waals surface area contributed by atoms with Gasteiger partial charge in [0.2, 0.25) is 11.1 Å². The zero-order valence-electron chi connectivity index (χ0n) is 18.5. The first-order valence-corrected chi connectivity index (χ1v) is 13.1. The maximum absolute atomic E-state index is 13.1. The van der Waals surface area contributed by atoms with E-state index in [4.69, 9.17) is 15.6 Å². The van der Waals surface area contributed by atoms with Crippen LogP contribution in [0, 0.1) is 0 Å². The van der Waals surface area contributed by atoms with Gasteiger partial charge in [-0.15, -0.1) is 41.3 Å². The van der Waals surface area contributed by atoms with Crippen LogP contribution in [0.25, 0.3) is 0 Å². The molecule has 36 heavy (non-hydrogen) atoms. The van der Waals surface area contributed by atoms with Crippen molar-refractivity contribution in [2.75, 3.05) is 24.4 Å². The minimum Gasteiger partial charge on any atom is -0.477 e. The number of rotatable bonds is 11. The molecule has 0 aromatic carbocycles. The molecule has 0 spiro atoms. The number of carboxylic acid groups (broad SMARTS) is 2. The molecule has 0 bridgehead atoms. The second-order valence-electron chi connectivity index (χ2n) is 7.10. The van der Waals surface area contributed by atoms with E-state index in [1.807, 2.05) is 0 Å². The van der Waals surface area contributed by atoms with E-state index in [0.29, 0.717) is 22.5 Å². The number of methoxy groups -OCH3 is 1. The molecule has 2 aliphatic heterocycles. The Hall–Kier alpha value is -2.74. The summed E-state index contributed by atoms with van der Waals surface area (Å²) in [7, 11) is 2.83. The molecule has 1 saturated heterocycles. The van der Waals surface area contributed by atoms with Crippen molar-refractivity contribution in [3.8, 4) is 0 Å². The van der Waals surface area contributed by atoms with Gasteiger partial charge in [-0.3, -0.25) is 19.3 Å². The number of aromatic nitrogens is 4. The molecule has 19 heteroatoms. The third kappa shape index (κ3) is 5.19. The highest BCUT2D eigenvalue weighted by molar-refractivity contribution is 8.16. The largest absolute Gasteiger partial charge is 0.477 e. The number of nitrogens with one attached hydrogen (secondary N) is 1. The fourth-order valence-electron chi connectivity index (χ4n) is 3.30. The maximum atomic E-state index is 13.1. The number of fused-ring (bicyclic) bond motifs is 1. The van der Waals surface area contributed by atoms with Gasteiger partial charge in [-0.2, -0.15) is 0 Å². The van der Waals surface area contributed by atoms with E-state index in [1.165, 1.54) is 35.3 Å². The zero-order chi connectivity index (χ0) is 26.8. The molecule has 3 amide bonds. The number of carboxylic acids is 2. The normalized spacial score (nSPS) is 21.9. The third-order valence-corrected chi connectivity index (χ3v) is 8.90. The quantitative estimate of drug-likeness (QED) is 0.0383. The summed E-state index contributed by atoms with van der Waals surface area (Å²) in [6.45, 7) is 0. The summed E-state index contributed by atoms with van der Waals surface area (Å²) in [5.74, 6) is -5.65. The van der Waals surface area contributed by atoms with Crippen LogP contribution in [0.1, 0.15) is 0 Å². The van der Waals surface area contributed by atoms with Crippen LogP contribution >= 0.6 is 47.9 Å². The molecule has 1 aromatic rings. The van der Waals surface area contributed by atoms with E-state index >= 15 is 0 Å². The number of aliphatic carboxylic acids is 2. The van der Waals surface area contributed by atoms with Gasteiger partial charge in [-0.05, 0) is 16.0 Å². The van der Waals surface area contributed by atoms with Gasteiger partial charge in [0.15, 0.2) is 0 Å². The van der Waals surface area contributed by atoms with Crippen molar-refractivity contribution in [1.82, 2.24) is 30.4 Å². The van der Waals surface area contributed by atoms with Gasteiger partial charge >= 0.3 is 11.9 Å². The number of tetrazole rings is 1. The molecule has 3 heterocycles. The number of aryl methyl sites for hydroxylation is 1. The van der Waals surface area contributed by atoms with Gasteiger partial charge < -0.3 is 26.0 Å². The van der Waals surface area contributed by atoms with Crippen LogP contribution in [-0.2, 0) is 35.8 Å². The van der Waals surface area contributed by atoms with Crippen molar-refractivity contribution in [3.05, 3.63) is 21.1 Å². The molecule has 3 rings (SSSR count). The van der Waals surface area contributed by atoms with Gasteiger partial charge in [0.1, 0.15) is 16.6 Å². The Morgan fingerprint density at radius 2 is 2.06 bits per heavy atom. The second kappa shape index (κ2) is 11.1. The molecule has 15 nitrogen and oxygen atoms in total. The number of nitrogens with two attached hydrogens (primary N) is 1. The van der Waals surface area contributed by atoms with Gasteiger partial charge in [0.25, 0.3) is 17.5 Å². The summed E-state index contributed by atoms with van der Waals surface area (Å²) in [5.41, 5.74) is 2.65. The lowest BCUT2D eigenvalue weighted by Crippen LogP contribution is -2.80. The van der Waals surface area contributed by atoms with Crippen molar-refractivity contribution in [3.63, 3.8) is 0 Å². The van der Waals surface area contributed by atoms with E-state index in [1.54, 1.807) is 7.05 Å². The summed E-state index contributed by atoms with van der Waals surface area (Å²) in [6.07, 6.45) is 0. The molecular formula is C17H19N7O8S4. The van der Waals surface area contributed by atoms with Crippen molar-refractivity contribution >= 4 is 77.6 Å². The standard InChI is InChI=1S/C17H19N7O8S4/c1-23-16(20-21-22-23)36-4-6-3-35-15-17(32-2,14(31)24(15)9(6)12(29)30)19-7(25)5-34-13(33)8(10(18)26)11(27)28/h15,33H,3-5H2,1-2H3,(H2,18,26)(H,19,25)(H,27,28)(H,29,30)/b13-8+/t15-,17+/m1/s1. The van der Waals surface area contributed by atoms with Crippen LogP contribution in [0.2, 0.25) is 0 Å². The predicted octanol–water partition coefficient (Wildman–Crippen LogP) is -1.54. The number of amides is 3. The van der Waals surface area contributed by atoms with E-state index in [2.05, 4.69) is 33.5 Å². The van der Waals surface area contributed by atoms with Crippen LogP contribution in [0.15, 0.2) is 26.2 Å². The molecule has 0 unspecified atom stereocenters. The molecule has 2 atom stereocenters. The van der Waals surface area contributed by atoms with E-state index in [0.717, 1.165) is 4.90 Å². The Morgan fingerprint density at radius 1 is 1.36 bits per heavy atom. The Bertz CT molecular complexity index is 1190. The van der Waals surface area contributed by atoms with Crippen LogP contribution in [0.4, 0.5) is 0 Å². The fourth-order valence-corrected chi connectivity index (χ4v) is 6.80. The van der Waals surface area contributed by atoms with Crippen molar-refractivity contribution in [2.45, 2.75) is 16.3 Å². The minimum absolute atomic E-state index is 0.212. The topological polar surface area (TPSA) is 220 Å². The molecule has 1 fully saturated rings. The smallest absolute Gasteiger partial charge is 0.352 e. The number of hydrogen-bond donors (Lipinski definition) is 5. The summed E-state index contributed by atoms with van der Waals surface area (Å²) < 4.78 is 6.49. The highest BCUT2D eigenvalue weighted by atomic mass is 32.2. The maximum Gasteiger partial charge on any atom is 0.352 e. The predicted molar refractivity (Wildman–Crippen MR) is 130 cm³/mol. The first-order valence-electron chi connectivity index (χ1n) is 9.65. The van der Waals surface area contributed by atoms with Crippen LogP contribution in [0.5, 0.6) is 0 Å². The van der Waals surface area contributed by atoms with Crippen LogP contribution in [0.3, 0.4) is 0 Å². The second-order valence-corrected chi connectivity index (χ2v) is 10.8. The minimum atomic E-state index is -1.84. The van der Waals surface area contributed by atoms with E-state index < -0.39 is 52.1 Å². The molecule has 194 valence electrons. The van der Waals surface area contributed by atoms with Crippen LogP contribution < -0.4 is 11.1 Å². The number of β-lactam (4-membered cyclic amide) rings is 1. The Labute approximate surface area is 221 Å². The lowest BCUT2D eigenvalue weighted by molar-refractivity contribution is -0.192. The SMILES string of the molecule is CO[C@@]1(NC(=O)CS/C(S)=C(\C(N)=O)C(=O)O)C(=O)N2C(C(=O)O)=C(CSc3nnnn3C)CS[C@@H]21. The summed E-state index contributed by atoms with van der Waals surface area (Å²) in [6, 6.07) is 0. The Balaban J connectivity index is 1.75. The molecule has 0 aliphatic carbocycles. The molecule has 1 aromatic heterocycles. The summed E-state index contributed by atoms with van der Waals surface area (Å²) in [5, 5.41) is 32.0. The Morgan fingerprint density at radius 3 is 2.58 bits per heavy atom. The van der Waals surface area contributed by atoms with Gasteiger partial charge in [0.05, 0.1) is 9.99 Å². The van der Waals surface area contributed by atoms with Crippen molar-refractivity contribution in [2.24, 2.45) is 12.8 Å². The number of thioether (sulfide) groups is 3. The van der Waals surface area contributed by atoms with E-state index in [-0.39, 0.29) is 21.4 Å². The highest BCUT2D eigenvalue weighted by Crippen LogP contribution is 2.47. The van der Waals surface area contributed by atoms with Gasteiger partial charge in [0, 0.05) is 25.7 Å². The van der Waals surface area contributed by atoms with Crippen LogP contribution in [-0.4, -0.2) is 100 Å². The lowest BCUT2D eigenvalue weighted by Gasteiger charge is -2.55. The number of nitrogens with zero attached hydrogens (tertiary/aromatic N) is 5. The average molecular weight is 578 g/mol. The highest BCUT2D eigenvalue weighted by Gasteiger charge is 2.66. The zero-order valence-corrected chi connectivity index (χ0v) is 21.9. The molecule has 5 N–H and O–H groups in total. The number of ether oxygens (including phenoxy) is 1. The Kier molecular flexibility index (Phi) is 8.59. The third-order valence-electron chi connectivity index (χ3n) is 4.93. The lowest BCUT2D eigenvalue weighted by atomic mass is 9.98. The molecule has 0 radical (unpaired) electrons. The van der Waals surface area contributed by atoms with Gasteiger partial charge in [-0.25, -0.2) is 14.3 Å². The number of thiol groups is 1. The number of carbonyl (C=O) groups excluding carboxylic acids is 3. The first-order chi connectivity index (χ1) is 16.9. The molecule has 0 saturated carbocycles. The van der Waals surface area contributed by atoms with E-state index in [9.17, 15) is 29.1 Å². The summed E-state index contributed by atoms with van der Waals surface area (Å²) in [4.78, 5) is 61.2. The number of primary amides is 1. The fraction of sp³-hybridized carbons (Fsp3) is 0.412. The van der Waals surface area contributed by atoms with Crippen molar-refractivity contribution < 1.29 is 38.9 Å². The molecular weight excluding hydrogens is 558 g/mol. The first kappa shape index (κ1) is 27.8.